The van der Waals surface area contributed by atoms with Crippen LogP contribution in [-0.4, -0.2) is 26.4 Å². The lowest BCUT2D eigenvalue weighted by Crippen LogP contribution is -2.14. The molecule has 0 saturated carbocycles. The molecule has 0 atom stereocenters. The van der Waals surface area contributed by atoms with Crippen LogP contribution in [0, 0.1) is 11.3 Å². The average Bonchev–Trinajstić information content (AvgIpc) is 3.27. The molecule has 0 aliphatic heterocycles. The molecule has 0 saturated heterocycles. The third kappa shape index (κ3) is 4.97. The molecule has 0 aliphatic rings. The lowest BCUT2D eigenvalue weighted by Gasteiger charge is -2.08. The highest BCUT2D eigenvalue weighted by molar-refractivity contribution is 7.99. The number of nitrogens with zero attached hydrogens (tertiary/aromatic N) is 4. The number of hydrogen-bond acceptors (Lipinski definition) is 7. The van der Waals surface area contributed by atoms with E-state index >= 15 is 0 Å². The number of carbonyl (C=O) groups excluding carboxylic acids is 1. The molecular formula is C17H13Cl2N5O2S2. The topological polar surface area (TPSA) is 92.8 Å². The van der Waals surface area contributed by atoms with E-state index in [9.17, 15) is 4.79 Å². The number of nitriles is 1. The zero-order valence-electron chi connectivity index (χ0n) is 14.5. The van der Waals surface area contributed by atoms with Gasteiger partial charge in [-0.25, -0.2) is 0 Å². The molecular weight excluding hydrogens is 441 g/mol. The fourth-order valence-corrected chi connectivity index (χ4v) is 3.93. The minimum atomic E-state index is -0.226. The van der Waals surface area contributed by atoms with Crippen molar-refractivity contribution in [2.45, 2.75) is 11.8 Å². The van der Waals surface area contributed by atoms with Gasteiger partial charge in [-0.2, -0.15) is 5.26 Å². The number of amides is 1. The Morgan fingerprint density at radius 1 is 1.39 bits per heavy atom. The number of aromatic nitrogens is 3. The van der Waals surface area contributed by atoms with Crippen LogP contribution in [0.1, 0.15) is 11.4 Å². The maximum atomic E-state index is 12.1. The first-order valence-electron chi connectivity index (χ1n) is 7.84. The number of hydrogen-bond donors (Lipinski definition) is 1. The molecule has 7 nitrogen and oxygen atoms in total. The molecule has 0 spiro atoms. The van der Waals surface area contributed by atoms with Gasteiger partial charge >= 0.3 is 0 Å². The largest absolute Gasteiger partial charge is 0.484 e. The van der Waals surface area contributed by atoms with E-state index in [0.29, 0.717) is 37.3 Å². The van der Waals surface area contributed by atoms with E-state index in [2.05, 4.69) is 15.5 Å². The first-order valence-corrected chi connectivity index (χ1v) is 10.5. The van der Waals surface area contributed by atoms with E-state index in [0.717, 1.165) is 0 Å². The van der Waals surface area contributed by atoms with Crippen molar-refractivity contribution in [3.63, 3.8) is 0 Å². The summed E-state index contributed by atoms with van der Waals surface area (Å²) in [7, 11) is 1.78. The minimum absolute atomic E-state index is 0.135. The van der Waals surface area contributed by atoms with E-state index in [-0.39, 0.29) is 18.3 Å². The monoisotopic (exact) mass is 453 g/mol. The summed E-state index contributed by atoms with van der Waals surface area (Å²) >= 11 is 14.6. The van der Waals surface area contributed by atoms with E-state index in [4.69, 9.17) is 33.2 Å². The number of rotatable bonds is 7. The van der Waals surface area contributed by atoms with E-state index in [1.807, 2.05) is 6.07 Å². The van der Waals surface area contributed by atoms with Crippen LogP contribution >= 0.6 is 46.3 Å². The Bertz CT molecular complexity index is 1040. The zero-order valence-corrected chi connectivity index (χ0v) is 17.6. The third-order valence-corrected chi connectivity index (χ3v) is 5.94. The molecule has 1 N–H and O–H groups in total. The predicted molar refractivity (Wildman–Crippen MR) is 110 cm³/mol. The average molecular weight is 454 g/mol. The summed E-state index contributed by atoms with van der Waals surface area (Å²) in [5.41, 5.74) is 0.445. The molecule has 1 aromatic carbocycles. The molecule has 0 unspecified atom stereocenters. The van der Waals surface area contributed by atoms with Crippen molar-refractivity contribution in [3.05, 3.63) is 51.1 Å². The molecule has 28 heavy (non-hydrogen) atoms. The zero-order chi connectivity index (χ0) is 20.1. The van der Waals surface area contributed by atoms with Crippen molar-refractivity contribution in [1.82, 2.24) is 14.8 Å². The molecule has 0 radical (unpaired) electrons. The van der Waals surface area contributed by atoms with Crippen molar-refractivity contribution in [3.8, 4) is 11.8 Å². The van der Waals surface area contributed by atoms with Gasteiger partial charge in [0.05, 0.1) is 16.3 Å². The molecule has 0 aliphatic carbocycles. The predicted octanol–water partition coefficient (Wildman–Crippen LogP) is 4.36. The summed E-state index contributed by atoms with van der Waals surface area (Å²) in [6.07, 6.45) is 0. The fourth-order valence-electron chi connectivity index (χ4n) is 2.11. The number of thiophene rings is 1. The summed E-state index contributed by atoms with van der Waals surface area (Å²) in [6.45, 7) is 0.150. The van der Waals surface area contributed by atoms with Crippen LogP contribution in [-0.2, 0) is 18.4 Å². The number of halogens is 2. The maximum Gasteiger partial charge on any atom is 0.235 e. The molecule has 144 valence electrons. The Labute approximate surface area is 179 Å². The van der Waals surface area contributed by atoms with Gasteiger partial charge in [-0.3, -0.25) is 4.79 Å². The molecule has 0 fully saturated rings. The van der Waals surface area contributed by atoms with Gasteiger partial charge in [-0.15, -0.1) is 21.5 Å². The second-order valence-corrected chi connectivity index (χ2v) is 8.14. The fraction of sp³-hybridized carbons (Fsp3) is 0.176. The molecule has 0 bridgehead atoms. The number of ether oxygens (including phenoxy) is 1. The smallest absolute Gasteiger partial charge is 0.235 e. The summed E-state index contributed by atoms with van der Waals surface area (Å²) < 4.78 is 7.40. The molecule has 11 heteroatoms. The Hall–Kier alpha value is -2.25. The van der Waals surface area contributed by atoms with Gasteiger partial charge in [0.1, 0.15) is 23.4 Å². The second-order valence-electron chi connectivity index (χ2n) is 5.43. The molecule has 1 amide bonds. The summed E-state index contributed by atoms with van der Waals surface area (Å²) in [6, 6.07) is 8.65. The van der Waals surface area contributed by atoms with Crippen LogP contribution in [0.5, 0.6) is 5.75 Å². The van der Waals surface area contributed by atoms with Crippen molar-refractivity contribution in [1.29, 1.82) is 5.26 Å². The highest BCUT2D eigenvalue weighted by Gasteiger charge is 2.14. The van der Waals surface area contributed by atoms with Gasteiger partial charge in [0.25, 0.3) is 0 Å². The van der Waals surface area contributed by atoms with Gasteiger partial charge in [0, 0.05) is 18.1 Å². The normalized spacial score (nSPS) is 10.5. The quantitative estimate of drug-likeness (QED) is 0.533. The van der Waals surface area contributed by atoms with Gasteiger partial charge < -0.3 is 14.6 Å². The Morgan fingerprint density at radius 2 is 2.21 bits per heavy atom. The number of anilines is 1. The molecule has 2 heterocycles. The SMILES string of the molecule is Cn1c(COc2cc(Cl)ccc2Cl)nnc1SCC(=O)Nc1sccc1C#N. The number of benzene rings is 1. The highest BCUT2D eigenvalue weighted by atomic mass is 35.5. The van der Waals surface area contributed by atoms with Crippen LogP contribution in [0.15, 0.2) is 34.8 Å². The second kappa shape index (κ2) is 9.30. The summed E-state index contributed by atoms with van der Waals surface area (Å²) in [5, 5.41) is 23.7. The highest BCUT2D eigenvalue weighted by Crippen LogP contribution is 2.28. The van der Waals surface area contributed by atoms with Crippen LogP contribution in [0.25, 0.3) is 0 Å². The van der Waals surface area contributed by atoms with Crippen LogP contribution < -0.4 is 10.1 Å². The Balaban J connectivity index is 1.56. The molecule has 3 aromatic rings. The Kier molecular flexibility index (Phi) is 6.80. The lowest BCUT2D eigenvalue weighted by molar-refractivity contribution is -0.113. The summed E-state index contributed by atoms with van der Waals surface area (Å²) in [5.74, 6) is 0.935. The first-order chi connectivity index (χ1) is 13.5. The van der Waals surface area contributed by atoms with Gasteiger partial charge in [0.2, 0.25) is 5.91 Å². The first kappa shape index (κ1) is 20.5. The number of carbonyl (C=O) groups is 1. The van der Waals surface area contributed by atoms with E-state index < -0.39 is 0 Å². The summed E-state index contributed by atoms with van der Waals surface area (Å²) in [4.78, 5) is 12.1. The standard InChI is InChI=1S/C17H13Cl2N5O2S2/c1-24-14(8-26-13-6-11(18)2-3-12(13)19)22-23-17(24)28-9-15(25)21-16-10(7-20)4-5-27-16/h2-6H,8-9H2,1H3,(H,21,25). The van der Waals surface area contributed by atoms with Crippen molar-refractivity contribution in [2.24, 2.45) is 7.05 Å². The van der Waals surface area contributed by atoms with Crippen LogP contribution in [0.4, 0.5) is 5.00 Å². The van der Waals surface area contributed by atoms with Crippen LogP contribution in [0.3, 0.4) is 0 Å². The maximum absolute atomic E-state index is 12.1. The van der Waals surface area contributed by atoms with Gasteiger partial charge in [0.15, 0.2) is 11.0 Å². The Morgan fingerprint density at radius 3 is 3.00 bits per heavy atom. The number of thioether (sulfide) groups is 1. The third-order valence-electron chi connectivity index (χ3n) is 3.55. The molecule has 2 aromatic heterocycles. The molecule has 3 rings (SSSR count). The van der Waals surface area contributed by atoms with Crippen molar-refractivity contribution < 1.29 is 9.53 Å². The number of nitrogens with one attached hydrogen (secondary N) is 1. The van der Waals surface area contributed by atoms with Crippen LogP contribution in [0.2, 0.25) is 10.0 Å². The van der Waals surface area contributed by atoms with E-state index in [1.165, 1.54) is 23.1 Å². The van der Waals surface area contributed by atoms with Crippen molar-refractivity contribution in [2.75, 3.05) is 11.1 Å². The van der Waals surface area contributed by atoms with Gasteiger partial charge in [-0.1, -0.05) is 35.0 Å². The van der Waals surface area contributed by atoms with E-state index in [1.54, 1.807) is 41.3 Å². The lowest BCUT2D eigenvalue weighted by atomic mass is 10.3. The van der Waals surface area contributed by atoms with Gasteiger partial charge in [-0.05, 0) is 23.6 Å². The van der Waals surface area contributed by atoms with Crippen molar-refractivity contribution >= 4 is 57.2 Å². The minimum Gasteiger partial charge on any atom is -0.484 e.